The van der Waals surface area contributed by atoms with Crippen LogP contribution in [0.15, 0.2) is 30.5 Å². The molecule has 1 saturated heterocycles. The SMILES string of the molecule is c1ccc2c(CNCCN3CCCC3)c[nH]c2c1. The van der Waals surface area contributed by atoms with E-state index in [2.05, 4.69) is 45.7 Å². The lowest BCUT2D eigenvalue weighted by Gasteiger charge is -2.14. The van der Waals surface area contributed by atoms with Gasteiger partial charge in [-0.2, -0.15) is 0 Å². The molecule has 0 saturated carbocycles. The molecule has 0 atom stereocenters. The topological polar surface area (TPSA) is 31.1 Å². The predicted molar refractivity (Wildman–Crippen MR) is 75.7 cm³/mol. The number of fused-ring (bicyclic) bond motifs is 1. The quantitative estimate of drug-likeness (QED) is 0.790. The third-order valence-electron chi connectivity index (χ3n) is 3.79. The predicted octanol–water partition coefficient (Wildman–Crippen LogP) is 2.35. The van der Waals surface area contributed by atoms with Crippen molar-refractivity contribution in [3.8, 4) is 0 Å². The van der Waals surface area contributed by atoms with Crippen molar-refractivity contribution < 1.29 is 0 Å². The van der Waals surface area contributed by atoms with Gasteiger partial charge in [-0.3, -0.25) is 0 Å². The third-order valence-corrected chi connectivity index (χ3v) is 3.79. The first-order valence-electron chi connectivity index (χ1n) is 6.91. The second kappa shape index (κ2) is 5.55. The number of hydrogen-bond donors (Lipinski definition) is 2. The van der Waals surface area contributed by atoms with Crippen LogP contribution < -0.4 is 5.32 Å². The second-order valence-electron chi connectivity index (χ2n) is 5.09. The Hall–Kier alpha value is -1.32. The first-order chi connectivity index (χ1) is 8.93. The molecule has 18 heavy (non-hydrogen) atoms. The summed E-state index contributed by atoms with van der Waals surface area (Å²) in [6, 6.07) is 8.49. The number of benzene rings is 1. The Morgan fingerprint density at radius 3 is 2.89 bits per heavy atom. The fourth-order valence-electron chi connectivity index (χ4n) is 2.74. The smallest absolute Gasteiger partial charge is 0.0457 e. The number of para-hydroxylation sites is 1. The van der Waals surface area contributed by atoms with Gasteiger partial charge in [-0.25, -0.2) is 0 Å². The minimum Gasteiger partial charge on any atom is -0.361 e. The van der Waals surface area contributed by atoms with E-state index >= 15 is 0 Å². The number of nitrogens with zero attached hydrogens (tertiary/aromatic N) is 1. The summed E-state index contributed by atoms with van der Waals surface area (Å²) in [5.74, 6) is 0. The maximum atomic E-state index is 3.55. The zero-order chi connectivity index (χ0) is 12.2. The molecule has 0 radical (unpaired) electrons. The molecule has 0 amide bonds. The Labute approximate surface area is 108 Å². The molecule has 0 unspecified atom stereocenters. The van der Waals surface area contributed by atoms with Crippen molar-refractivity contribution in [1.29, 1.82) is 0 Å². The molecule has 1 aliphatic heterocycles. The number of hydrogen-bond acceptors (Lipinski definition) is 2. The van der Waals surface area contributed by atoms with Crippen molar-refractivity contribution in [2.24, 2.45) is 0 Å². The highest BCUT2D eigenvalue weighted by atomic mass is 15.1. The molecule has 1 aliphatic rings. The van der Waals surface area contributed by atoms with Gasteiger partial charge in [-0.15, -0.1) is 0 Å². The molecular formula is C15H21N3. The monoisotopic (exact) mass is 243 g/mol. The molecule has 3 rings (SSSR count). The minimum atomic E-state index is 0.956. The van der Waals surface area contributed by atoms with E-state index in [1.807, 2.05) is 0 Å². The van der Waals surface area contributed by atoms with E-state index in [0.29, 0.717) is 0 Å². The number of nitrogens with one attached hydrogen (secondary N) is 2. The van der Waals surface area contributed by atoms with Gasteiger partial charge in [0.05, 0.1) is 0 Å². The molecule has 1 fully saturated rings. The zero-order valence-electron chi connectivity index (χ0n) is 10.8. The maximum absolute atomic E-state index is 3.55. The van der Waals surface area contributed by atoms with Crippen LogP contribution in [0.5, 0.6) is 0 Å². The highest BCUT2D eigenvalue weighted by molar-refractivity contribution is 5.82. The molecule has 1 aromatic carbocycles. The van der Waals surface area contributed by atoms with Crippen molar-refractivity contribution in [2.45, 2.75) is 19.4 Å². The van der Waals surface area contributed by atoms with Crippen LogP contribution in [0.4, 0.5) is 0 Å². The second-order valence-corrected chi connectivity index (χ2v) is 5.09. The van der Waals surface area contributed by atoms with Crippen molar-refractivity contribution >= 4 is 10.9 Å². The molecule has 96 valence electrons. The highest BCUT2D eigenvalue weighted by Crippen LogP contribution is 2.17. The number of aromatic amines is 1. The van der Waals surface area contributed by atoms with Gasteiger partial charge in [0.2, 0.25) is 0 Å². The van der Waals surface area contributed by atoms with E-state index in [0.717, 1.165) is 13.1 Å². The summed E-state index contributed by atoms with van der Waals surface area (Å²) >= 11 is 0. The molecule has 2 N–H and O–H groups in total. The van der Waals surface area contributed by atoms with Crippen LogP contribution in [0.2, 0.25) is 0 Å². The molecule has 0 bridgehead atoms. The Morgan fingerprint density at radius 2 is 2.00 bits per heavy atom. The van der Waals surface area contributed by atoms with Gasteiger partial charge < -0.3 is 15.2 Å². The maximum Gasteiger partial charge on any atom is 0.0457 e. The van der Waals surface area contributed by atoms with Crippen molar-refractivity contribution in [3.05, 3.63) is 36.0 Å². The van der Waals surface area contributed by atoms with E-state index in [1.54, 1.807) is 0 Å². The van der Waals surface area contributed by atoms with E-state index in [4.69, 9.17) is 0 Å². The third kappa shape index (κ3) is 2.57. The van der Waals surface area contributed by atoms with Gasteiger partial charge in [0.25, 0.3) is 0 Å². The molecule has 1 aromatic heterocycles. The van der Waals surface area contributed by atoms with Gasteiger partial charge >= 0.3 is 0 Å². The Kier molecular flexibility index (Phi) is 3.62. The van der Waals surface area contributed by atoms with Gasteiger partial charge in [-0.1, -0.05) is 18.2 Å². The van der Waals surface area contributed by atoms with Gasteiger partial charge in [0.15, 0.2) is 0 Å². The van der Waals surface area contributed by atoms with E-state index in [9.17, 15) is 0 Å². The lowest BCUT2D eigenvalue weighted by atomic mass is 10.2. The largest absolute Gasteiger partial charge is 0.361 e. The summed E-state index contributed by atoms with van der Waals surface area (Å²) in [7, 11) is 0. The first-order valence-corrected chi connectivity index (χ1v) is 6.91. The van der Waals surface area contributed by atoms with Crippen LogP contribution in [-0.2, 0) is 6.54 Å². The number of H-pyrrole nitrogens is 1. The molecule has 3 heteroatoms. The van der Waals surface area contributed by atoms with Crippen molar-refractivity contribution in [2.75, 3.05) is 26.2 Å². The minimum absolute atomic E-state index is 0.956. The van der Waals surface area contributed by atoms with Crippen molar-refractivity contribution in [3.63, 3.8) is 0 Å². The summed E-state index contributed by atoms with van der Waals surface area (Å²) in [6.07, 6.45) is 4.87. The van der Waals surface area contributed by atoms with Crippen LogP contribution in [0.3, 0.4) is 0 Å². The Bertz CT molecular complexity index is 497. The lowest BCUT2D eigenvalue weighted by molar-refractivity contribution is 0.336. The molecule has 2 heterocycles. The van der Waals surface area contributed by atoms with Gasteiger partial charge in [0.1, 0.15) is 0 Å². The highest BCUT2D eigenvalue weighted by Gasteiger charge is 2.10. The van der Waals surface area contributed by atoms with Crippen LogP contribution in [0.1, 0.15) is 18.4 Å². The van der Waals surface area contributed by atoms with E-state index in [1.165, 1.54) is 48.9 Å². The lowest BCUT2D eigenvalue weighted by Crippen LogP contribution is -2.29. The summed E-state index contributed by atoms with van der Waals surface area (Å²) in [5, 5.41) is 4.88. The summed E-state index contributed by atoms with van der Waals surface area (Å²) < 4.78 is 0. The van der Waals surface area contributed by atoms with Crippen LogP contribution in [0, 0.1) is 0 Å². The number of rotatable bonds is 5. The molecular weight excluding hydrogens is 222 g/mol. The average molecular weight is 243 g/mol. The fourth-order valence-corrected chi connectivity index (χ4v) is 2.74. The van der Waals surface area contributed by atoms with Gasteiger partial charge in [-0.05, 0) is 37.6 Å². The normalized spacial score (nSPS) is 16.7. The van der Waals surface area contributed by atoms with E-state index in [-0.39, 0.29) is 0 Å². The molecule has 2 aromatic rings. The average Bonchev–Trinajstić information content (AvgIpc) is 3.04. The van der Waals surface area contributed by atoms with E-state index < -0.39 is 0 Å². The molecule has 3 nitrogen and oxygen atoms in total. The summed E-state index contributed by atoms with van der Waals surface area (Å²) in [5.41, 5.74) is 2.60. The fraction of sp³-hybridized carbons (Fsp3) is 0.467. The first kappa shape index (κ1) is 11.8. The van der Waals surface area contributed by atoms with Crippen molar-refractivity contribution in [1.82, 2.24) is 15.2 Å². The number of aromatic nitrogens is 1. The van der Waals surface area contributed by atoms with Gasteiger partial charge in [0, 0.05) is 36.7 Å². The molecule has 0 spiro atoms. The summed E-state index contributed by atoms with van der Waals surface area (Å²) in [4.78, 5) is 5.86. The summed E-state index contributed by atoms with van der Waals surface area (Å²) in [6.45, 7) is 5.79. The number of likely N-dealkylation sites (tertiary alicyclic amines) is 1. The zero-order valence-corrected chi connectivity index (χ0v) is 10.8. The van der Waals surface area contributed by atoms with Crippen LogP contribution in [0.25, 0.3) is 10.9 Å². The standard InChI is InChI=1S/C15H21N3/c1-2-6-15-14(5-1)13(12-17-15)11-16-7-10-18-8-3-4-9-18/h1-2,5-6,12,16-17H,3-4,7-11H2. The van der Waals surface area contributed by atoms with Crippen LogP contribution >= 0.6 is 0 Å². The van der Waals surface area contributed by atoms with Crippen LogP contribution in [-0.4, -0.2) is 36.1 Å². The molecule has 0 aliphatic carbocycles. The Balaban J connectivity index is 1.50. The Morgan fingerprint density at radius 1 is 1.17 bits per heavy atom.